The molecule has 4 unspecified atom stereocenters. The van der Waals surface area contributed by atoms with E-state index in [1.165, 1.54) is 4.90 Å². The standard InChI is InChI=1S/C23H26N2O4/c1-3-29-22(28)25-14(2)17-13-15-9-7-8-12-23(15,25)19-18(17)20(26)24(21(19)27)16-10-5-4-6-11-16/h4-6,10-11,13-14,17-19H,3,7-9,12H2,1-2H3/t14?,17?,18?,19?,23-/m0/s1. The summed E-state index contributed by atoms with van der Waals surface area (Å²) in [4.78, 5) is 43.4. The predicted octanol–water partition coefficient (Wildman–Crippen LogP) is 3.52. The number of para-hydroxylation sites is 1. The number of benzene rings is 1. The minimum atomic E-state index is -0.736. The fraction of sp³-hybridized carbons (Fsp3) is 0.522. The topological polar surface area (TPSA) is 66.9 Å². The molecule has 2 saturated heterocycles. The van der Waals surface area contributed by atoms with Crippen LogP contribution >= 0.6 is 0 Å². The number of amides is 3. The smallest absolute Gasteiger partial charge is 0.410 e. The normalized spacial score (nSPS) is 35.3. The SMILES string of the molecule is CCOC(=O)N1C(C)C2C=C3CCCC[C@@]31C1C(=O)N(c3ccccc3)C(=O)C21. The highest BCUT2D eigenvalue weighted by Gasteiger charge is 2.71. The first-order chi connectivity index (χ1) is 14.0. The monoisotopic (exact) mass is 394 g/mol. The molecule has 3 heterocycles. The van der Waals surface area contributed by atoms with Crippen LogP contribution in [0.1, 0.15) is 39.5 Å². The summed E-state index contributed by atoms with van der Waals surface area (Å²) in [5, 5.41) is 0. The number of carbonyl (C=O) groups is 3. The number of imide groups is 1. The third-order valence-electron chi connectivity index (χ3n) is 7.36. The van der Waals surface area contributed by atoms with Gasteiger partial charge >= 0.3 is 6.09 Å². The van der Waals surface area contributed by atoms with Crippen molar-refractivity contribution in [3.8, 4) is 0 Å². The predicted molar refractivity (Wildman–Crippen MR) is 107 cm³/mol. The van der Waals surface area contributed by atoms with Gasteiger partial charge < -0.3 is 4.74 Å². The molecule has 5 atom stereocenters. The molecule has 3 fully saturated rings. The van der Waals surface area contributed by atoms with Gasteiger partial charge in [0.05, 0.1) is 29.7 Å². The van der Waals surface area contributed by atoms with Crippen LogP contribution in [0.15, 0.2) is 42.0 Å². The minimum Gasteiger partial charge on any atom is -0.450 e. The number of hydrogen-bond acceptors (Lipinski definition) is 4. The van der Waals surface area contributed by atoms with Crippen molar-refractivity contribution in [1.29, 1.82) is 0 Å². The van der Waals surface area contributed by atoms with Gasteiger partial charge in [0.25, 0.3) is 0 Å². The second kappa shape index (κ2) is 6.44. The first-order valence-electron chi connectivity index (χ1n) is 10.6. The van der Waals surface area contributed by atoms with E-state index in [2.05, 4.69) is 6.08 Å². The summed E-state index contributed by atoms with van der Waals surface area (Å²) >= 11 is 0. The summed E-state index contributed by atoms with van der Waals surface area (Å²) in [6.45, 7) is 4.08. The van der Waals surface area contributed by atoms with Gasteiger partial charge in [0, 0.05) is 12.0 Å². The van der Waals surface area contributed by atoms with E-state index in [9.17, 15) is 14.4 Å². The van der Waals surface area contributed by atoms with Gasteiger partial charge in [-0.3, -0.25) is 14.5 Å². The number of ether oxygens (including phenoxy) is 1. The van der Waals surface area contributed by atoms with Crippen molar-refractivity contribution in [2.24, 2.45) is 17.8 Å². The van der Waals surface area contributed by atoms with Gasteiger partial charge in [-0.2, -0.15) is 0 Å². The summed E-state index contributed by atoms with van der Waals surface area (Å²) < 4.78 is 5.42. The summed E-state index contributed by atoms with van der Waals surface area (Å²) in [5.74, 6) is -1.41. The second-order valence-corrected chi connectivity index (χ2v) is 8.56. The van der Waals surface area contributed by atoms with Gasteiger partial charge in [-0.15, -0.1) is 0 Å². The maximum atomic E-state index is 13.7. The maximum Gasteiger partial charge on any atom is 0.410 e. The Morgan fingerprint density at radius 2 is 1.93 bits per heavy atom. The molecule has 6 heteroatoms. The van der Waals surface area contributed by atoms with E-state index in [0.717, 1.165) is 24.8 Å². The second-order valence-electron chi connectivity index (χ2n) is 8.56. The molecule has 0 radical (unpaired) electrons. The van der Waals surface area contributed by atoms with E-state index in [1.54, 1.807) is 19.1 Å². The Morgan fingerprint density at radius 3 is 2.66 bits per heavy atom. The van der Waals surface area contributed by atoms with Crippen molar-refractivity contribution < 1.29 is 19.1 Å². The fourth-order valence-electron chi connectivity index (χ4n) is 6.34. The van der Waals surface area contributed by atoms with E-state index in [-0.39, 0.29) is 29.9 Å². The first-order valence-corrected chi connectivity index (χ1v) is 10.6. The maximum absolute atomic E-state index is 13.7. The zero-order valence-electron chi connectivity index (χ0n) is 16.8. The summed E-state index contributed by atoms with van der Waals surface area (Å²) in [6, 6.07) is 8.97. The minimum absolute atomic E-state index is 0.133. The lowest BCUT2D eigenvalue weighted by Gasteiger charge is -2.62. The third-order valence-corrected chi connectivity index (χ3v) is 7.36. The molecule has 1 spiro atoms. The van der Waals surface area contributed by atoms with Crippen molar-refractivity contribution in [2.45, 2.75) is 51.1 Å². The molecule has 0 aromatic heterocycles. The van der Waals surface area contributed by atoms with E-state index < -0.39 is 17.4 Å². The molecule has 6 rings (SSSR count). The Hall–Kier alpha value is -2.63. The lowest BCUT2D eigenvalue weighted by molar-refractivity contribution is -0.139. The molecule has 3 aliphatic heterocycles. The Kier molecular flexibility index (Phi) is 4.09. The fourth-order valence-corrected chi connectivity index (χ4v) is 6.34. The Morgan fingerprint density at radius 1 is 1.17 bits per heavy atom. The number of anilines is 1. The van der Waals surface area contributed by atoms with Crippen LogP contribution in [0.25, 0.3) is 0 Å². The van der Waals surface area contributed by atoms with Gasteiger partial charge in [0.15, 0.2) is 0 Å². The summed E-state index contributed by atoms with van der Waals surface area (Å²) in [7, 11) is 0. The number of hydrogen-bond donors (Lipinski definition) is 0. The van der Waals surface area contributed by atoms with E-state index in [0.29, 0.717) is 18.7 Å². The molecule has 5 aliphatic rings. The van der Waals surface area contributed by atoms with Crippen LogP contribution in [0, 0.1) is 17.8 Å². The van der Waals surface area contributed by atoms with Crippen molar-refractivity contribution in [3.05, 3.63) is 42.0 Å². The van der Waals surface area contributed by atoms with E-state index >= 15 is 0 Å². The molecule has 152 valence electrons. The largest absolute Gasteiger partial charge is 0.450 e. The highest BCUT2D eigenvalue weighted by atomic mass is 16.6. The summed E-state index contributed by atoms with van der Waals surface area (Å²) in [6.07, 6.45) is 5.40. The molecule has 29 heavy (non-hydrogen) atoms. The lowest BCUT2D eigenvalue weighted by Crippen LogP contribution is -2.72. The molecule has 3 amide bonds. The highest BCUT2D eigenvalue weighted by molar-refractivity contribution is 6.23. The molecular formula is C23H26N2O4. The van der Waals surface area contributed by atoms with E-state index in [4.69, 9.17) is 4.74 Å². The molecule has 6 nitrogen and oxygen atoms in total. The highest BCUT2D eigenvalue weighted by Crippen LogP contribution is 2.60. The Balaban J connectivity index is 1.66. The average molecular weight is 394 g/mol. The molecule has 1 saturated carbocycles. The van der Waals surface area contributed by atoms with E-state index in [1.807, 2.05) is 30.0 Å². The van der Waals surface area contributed by atoms with Gasteiger partial charge in [-0.1, -0.05) is 30.7 Å². The molecular weight excluding hydrogens is 368 g/mol. The van der Waals surface area contributed by atoms with Crippen LogP contribution in [0.5, 0.6) is 0 Å². The molecule has 1 aromatic rings. The quantitative estimate of drug-likeness (QED) is 0.569. The Labute approximate surface area is 170 Å². The van der Waals surface area contributed by atoms with Crippen LogP contribution in [-0.2, 0) is 14.3 Å². The number of fused-ring (bicyclic) bond motifs is 1. The Bertz CT molecular complexity index is 911. The average Bonchev–Trinajstić information content (AvgIpc) is 3.00. The molecule has 0 N–H and O–H groups in total. The number of rotatable bonds is 2. The molecule has 2 bridgehead atoms. The summed E-state index contributed by atoms with van der Waals surface area (Å²) in [5.41, 5.74) is 1.03. The van der Waals surface area contributed by atoms with Crippen LogP contribution in [0.3, 0.4) is 0 Å². The number of carbonyl (C=O) groups excluding carboxylic acids is 3. The van der Waals surface area contributed by atoms with Gasteiger partial charge in [0.2, 0.25) is 11.8 Å². The number of piperidine rings is 1. The van der Waals surface area contributed by atoms with Crippen molar-refractivity contribution in [2.75, 3.05) is 11.5 Å². The zero-order chi connectivity index (χ0) is 20.3. The van der Waals surface area contributed by atoms with Crippen molar-refractivity contribution >= 4 is 23.6 Å². The van der Waals surface area contributed by atoms with Gasteiger partial charge in [-0.25, -0.2) is 9.69 Å². The van der Waals surface area contributed by atoms with Crippen LogP contribution < -0.4 is 4.90 Å². The number of nitrogens with zero attached hydrogens (tertiary/aromatic N) is 2. The third kappa shape index (κ3) is 2.26. The first kappa shape index (κ1) is 18.4. The van der Waals surface area contributed by atoms with Gasteiger partial charge in [0.1, 0.15) is 0 Å². The lowest BCUT2D eigenvalue weighted by atomic mass is 9.53. The van der Waals surface area contributed by atoms with Crippen LogP contribution in [-0.4, -0.2) is 41.0 Å². The molecule has 1 aromatic carbocycles. The van der Waals surface area contributed by atoms with Gasteiger partial charge in [-0.05, 0) is 50.8 Å². The molecule has 2 aliphatic carbocycles. The van der Waals surface area contributed by atoms with Crippen LogP contribution in [0.4, 0.5) is 10.5 Å². The van der Waals surface area contributed by atoms with Crippen molar-refractivity contribution in [3.63, 3.8) is 0 Å². The zero-order valence-corrected chi connectivity index (χ0v) is 16.8. The van der Waals surface area contributed by atoms with Crippen molar-refractivity contribution in [1.82, 2.24) is 4.90 Å². The van der Waals surface area contributed by atoms with Crippen LogP contribution in [0.2, 0.25) is 0 Å².